The Morgan fingerprint density at radius 2 is 1.90 bits per heavy atom. The van der Waals surface area contributed by atoms with E-state index in [0.717, 1.165) is 11.3 Å². The molecule has 0 bridgehead atoms. The molecule has 0 aliphatic rings. The van der Waals surface area contributed by atoms with Gasteiger partial charge in [-0.2, -0.15) is 0 Å². The van der Waals surface area contributed by atoms with Crippen LogP contribution in [-0.2, 0) is 0 Å². The number of halogens is 1. The number of anilines is 3. The molecule has 0 aliphatic heterocycles. The van der Waals surface area contributed by atoms with Gasteiger partial charge in [-0.1, -0.05) is 17.7 Å². The zero-order chi connectivity index (χ0) is 14.7. The van der Waals surface area contributed by atoms with Crippen LogP contribution in [0, 0.1) is 6.92 Å². The number of nitrogen functional groups attached to an aromatic ring is 1. The van der Waals surface area contributed by atoms with Crippen LogP contribution in [0.25, 0.3) is 0 Å². The van der Waals surface area contributed by atoms with E-state index < -0.39 is 0 Å². The normalized spacial score (nSPS) is 10.2. The molecule has 20 heavy (non-hydrogen) atoms. The molecule has 0 aliphatic carbocycles. The van der Waals surface area contributed by atoms with Crippen molar-refractivity contribution in [1.82, 2.24) is 5.32 Å². The number of carbonyl (C=O) groups excluding carboxylic acids is 1. The predicted molar refractivity (Wildman–Crippen MR) is 83.7 cm³/mol. The second-order valence-corrected chi connectivity index (χ2v) is 4.90. The van der Waals surface area contributed by atoms with Gasteiger partial charge in [0.05, 0.1) is 11.4 Å². The highest BCUT2D eigenvalue weighted by atomic mass is 35.5. The van der Waals surface area contributed by atoms with Crippen molar-refractivity contribution in [2.24, 2.45) is 0 Å². The number of aryl methyl sites for hydroxylation is 1. The summed E-state index contributed by atoms with van der Waals surface area (Å²) in [6.07, 6.45) is 0. The molecule has 5 heteroatoms. The van der Waals surface area contributed by atoms with Crippen molar-refractivity contribution < 1.29 is 4.79 Å². The van der Waals surface area contributed by atoms with E-state index in [1.54, 1.807) is 25.2 Å². The summed E-state index contributed by atoms with van der Waals surface area (Å²) < 4.78 is 0. The summed E-state index contributed by atoms with van der Waals surface area (Å²) in [5.41, 5.74) is 9.63. The molecule has 0 heterocycles. The molecule has 0 radical (unpaired) electrons. The number of carbonyl (C=O) groups is 1. The van der Waals surface area contributed by atoms with Crippen LogP contribution in [0.3, 0.4) is 0 Å². The zero-order valence-corrected chi connectivity index (χ0v) is 12.1. The van der Waals surface area contributed by atoms with Crippen LogP contribution in [0.4, 0.5) is 17.1 Å². The van der Waals surface area contributed by atoms with Crippen molar-refractivity contribution in [3.05, 3.63) is 52.5 Å². The van der Waals surface area contributed by atoms with Crippen molar-refractivity contribution in [2.75, 3.05) is 18.1 Å². The van der Waals surface area contributed by atoms with E-state index in [4.69, 9.17) is 17.3 Å². The fourth-order valence-corrected chi connectivity index (χ4v) is 2.00. The van der Waals surface area contributed by atoms with Crippen LogP contribution in [-0.4, -0.2) is 13.0 Å². The summed E-state index contributed by atoms with van der Waals surface area (Å²) in [5, 5.41) is 6.43. The zero-order valence-electron chi connectivity index (χ0n) is 11.3. The summed E-state index contributed by atoms with van der Waals surface area (Å²) >= 11 is 5.99. The number of nitrogens with one attached hydrogen (secondary N) is 2. The van der Waals surface area contributed by atoms with Crippen LogP contribution >= 0.6 is 11.6 Å². The van der Waals surface area contributed by atoms with Crippen LogP contribution < -0.4 is 16.4 Å². The Bertz CT molecular complexity index is 656. The molecular weight excluding hydrogens is 274 g/mol. The smallest absolute Gasteiger partial charge is 0.251 e. The minimum atomic E-state index is -0.157. The summed E-state index contributed by atoms with van der Waals surface area (Å²) in [6, 6.07) is 10.7. The monoisotopic (exact) mass is 289 g/mol. The Balaban J connectivity index is 2.37. The number of hydrogen-bond acceptors (Lipinski definition) is 3. The first kappa shape index (κ1) is 14.2. The lowest BCUT2D eigenvalue weighted by Gasteiger charge is -2.13. The fraction of sp³-hybridized carbons (Fsp3) is 0.133. The second kappa shape index (κ2) is 5.84. The lowest BCUT2D eigenvalue weighted by molar-refractivity contribution is 0.0963. The van der Waals surface area contributed by atoms with Gasteiger partial charge < -0.3 is 16.4 Å². The van der Waals surface area contributed by atoms with E-state index in [1.807, 2.05) is 25.1 Å². The summed E-state index contributed by atoms with van der Waals surface area (Å²) in [7, 11) is 1.59. The SMILES string of the molecule is CNC(=O)c1ccc(N)c(Nc2cc(Cl)ccc2C)c1. The van der Waals surface area contributed by atoms with Crippen LogP contribution in [0.15, 0.2) is 36.4 Å². The standard InChI is InChI=1S/C15H16ClN3O/c1-9-3-5-11(16)8-13(9)19-14-7-10(15(20)18-2)4-6-12(14)17/h3-8,19H,17H2,1-2H3,(H,18,20). The molecule has 0 aromatic heterocycles. The molecular formula is C15H16ClN3O. The van der Waals surface area contributed by atoms with Gasteiger partial charge in [0, 0.05) is 23.3 Å². The van der Waals surface area contributed by atoms with Gasteiger partial charge in [0.2, 0.25) is 0 Å². The molecule has 2 aromatic rings. The van der Waals surface area contributed by atoms with Crippen molar-refractivity contribution in [3.63, 3.8) is 0 Å². The van der Waals surface area contributed by atoms with Gasteiger partial charge in [0.15, 0.2) is 0 Å². The minimum Gasteiger partial charge on any atom is -0.397 e. The predicted octanol–water partition coefficient (Wildman–Crippen LogP) is 3.33. The second-order valence-electron chi connectivity index (χ2n) is 4.47. The lowest BCUT2D eigenvalue weighted by Crippen LogP contribution is -2.18. The van der Waals surface area contributed by atoms with Crippen LogP contribution in [0.2, 0.25) is 5.02 Å². The van der Waals surface area contributed by atoms with E-state index in [9.17, 15) is 4.79 Å². The maximum Gasteiger partial charge on any atom is 0.251 e. The minimum absolute atomic E-state index is 0.157. The molecule has 4 nitrogen and oxygen atoms in total. The van der Waals surface area contributed by atoms with Gasteiger partial charge in [0.25, 0.3) is 5.91 Å². The highest BCUT2D eigenvalue weighted by Crippen LogP contribution is 2.28. The lowest BCUT2D eigenvalue weighted by atomic mass is 10.1. The summed E-state index contributed by atoms with van der Waals surface area (Å²) in [5.74, 6) is -0.157. The summed E-state index contributed by atoms with van der Waals surface area (Å²) in [6.45, 7) is 1.97. The first-order chi connectivity index (χ1) is 9.51. The maximum atomic E-state index is 11.6. The third-order valence-electron chi connectivity index (χ3n) is 3.01. The number of benzene rings is 2. The number of nitrogens with two attached hydrogens (primary N) is 1. The quantitative estimate of drug-likeness (QED) is 0.759. The molecule has 0 saturated carbocycles. The molecule has 0 saturated heterocycles. The summed E-state index contributed by atoms with van der Waals surface area (Å²) in [4.78, 5) is 11.6. The maximum absolute atomic E-state index is 11.6. The van der Waals surface area contributed by atoms with Crippen LogP contribution in [0.5, 0.6) is 0 Å². The highest BCUT2D eigenvalue weighted by molar-refractivity contribution is 6.30. The molecule has 0 spiro atoms. The van der Waals surface area contributed by atoms with Gasteiger partial charge in [-0.15, -0.1) is 0 Å². The number of hydrogen-bond donors (Lipinski definition) is 3. The average Bonchev–Trinajstić information content (AvgIpc) is 2.44. The van der Waals surface area contributed by atoms with E-state index in [1.165, 1.54) is 0 Å². The van der Waals surface area contributed by atoms with Gasteiger partial charge in [-0.3, -0.25) is 4.79 Å². The van der Waals surface area contributed by atoms with Crippen molar-refractivity contribution >= 4 is 34.6 Å². The Kier molecular flexibility index (Phi) is 4.15. The van der Waals surface area contributed by atoms with Crippen molar-refractivity contribution in [3.8, 4) is 0 Å². The Morgan fingerprint density at radius 3 is 2.60 bits per heavy atom. The molecule has 2 aromatic carbocycles. The molecule has 104 valence electrons. The first-order valence-corrected chi connectivity index (χ1v) is 6.54. The topological polar surface area (TPSA) is 67.2 Å². The van der Waals surface area contributed by atoms with E-state index in [0.29, 0.717) is 22.0 Å². The third kappa shape index (κ3) is 3.03. The molecule has 1 amide bonds. The Labute approximate surface area is 122 Å². The highest BCUT2D eigenvalue weighted by Gasteiger charge is 2.08. The van der Waals surface area contributed by atoms with Gasteiger partial charge in [0.1, 0.15) is 0 Å². The molecule has 0 atom stereocenters. The van der Waals surface area contributed by atoms with E-state index >= 15 is 0 Å². The van der Waals surface area contributed by atoms with Gasteiger partial charge >= 0.3 is 0 Å². The molecule has 0 fully saturated rings. The Hall–Kier alpha value is -2.20. The Morgan fingerprint density at radius 1 is 1.15 bits per heavy atom. The van der Waals surface area contributed by atoms with E-state index in [-0.39, 0.29) is 5.91 Å². The fourth-order valence-electron chi connectivity index (χ4n) is 1.82. The van der Waals surface area contributed by atoms with Gasteiger partial charge in [-0.25, -0.2) is 0 Å². The average molecular weight is 290 g/mol. The van der Waals surface area contributed by atoms with E-state index in [2.05, 4.69) is 10.6 Å². The molecule has 0 unspecified atom stereocenters. The first-order valence-electron chi connectivity index (χ1n) is 6.16. The third-order valence-corrected chi connectivity index (χ3v) is 3.25. The molecule has 2 rings (SSSR count). The number of amides is 1. The van der Waals surface area contributed by atoms with Crippen molar-refractivity contribution in [2.45, 2.75) is 6.92 Å². The van der Waals surface area contributed by atoms with Crippen molar-refractivity contribution in [1.29, 1.82) is 0 Å². The largest absolute Gasteiger partial charge is 0.397 e. The molecule has 4 N–H and O–H groups in total. The van der Waals surface area contributed by atoms with Gasteiger partial charge in [-0.05, 0) is 42.8 Å². The van der Waals surface area contributed by atoms with Crippen LogP contribution in [0.1, 0.15) is 15.9 Å². The number of rotatable bonds is 3.